The van der Waals surface area contributed by atoms with Crippen LogP contribution in [0, 0.1) is 11.8 Å². The first-order valence-corrected chi connectivity index (χ1v) is 7.14. The van der Waals surface area contributed by atoms with Gasteiger partial charge in [0.1, 0.15) is 5.60 Å². The lowest BCUT2D eigenvalue weighted by molar-refractivity contribution is -0.0619. The molecule has 3 heteroatoms. The first-order chi connectivity index (χ1) is 8.17. The van der Waals surface area contributed by atoms with Crippen LogP contribution in [0.5, 0.6) is 0 Å². The topological polar surface area (TPSA) is 24.8 Å². The quantitative estimate of drug-likeness (QED) is 0.752. The summed E-state index contributed by atoms with van der Waals surface area (Å²) in [6, 6.07) is 0. The fourth-order valence-corrected chi connectivity index (χ4v) is 2.94. The summed E-state index contributed by atoms with van der Waals surface area (Å²) in [7, 11) is 0. The highest BCUT2D eigenvalue weighted by atomic mass is 16.7. The molecular weight excluding hydrogens is 212 g/mol. The average molecular weight is 236 g/mol. The predicted molar refractivity (Wildman–Crippen MR) is 69.1 cm³/mol. The summed E-state index contributed by atoms with van der Waals surface area (Å²) < 4.78 is 0. The SMILES string of the molecule is CC(C)C1=NOC2(CCN(CC3CC3)CC2)C1. The van der Waals surface area contributed by atoms with Gasteiger partial charge in [0.2, 0.25) is 0 Å². The Labute approximate surface area is 104 Å². The van der Waals surface area contributed by atoms with Crippen LogP contribution in [0.1, 0.15) is 46.0 Å². The average Bonchev–Trinajstić information content (AvgIpc) is 3.03. The van der Waals surface area contributed by atoms with Crippen LogP contribution in [0.2, 0.25) is 0 Å². The fraction of sp³-hybridized carbons (Fsp3) is 0.929. The van der Waals surface area contributed by atoms with E-state index in [-0.39, 0.29) is 5.60 Å². The van der Waals surface area contributed by atoms with E-state index in [9.17, 15) is 0 Å². The largest absolute Gasteiger partial charge is 0.389 e. The molecule has 3 aliphatic rings. The van der Waals surface area contributed by atoms with Crippen LogP contribution in [0.4, 0.5) is 0 Å². The highest BCUT2D eigenvalue weighted by Gasteiger charge is 2.42. The molecule has 0 unspecified atom stereocenters. The van der Waals surface area contributed by atoms with E-state index in [2.05, 4.69) is 23.9 Å². The van der Waals surface area contributed by atoms with Gasteiger partial charge in [-0.15, -0.1) is 0 Å². The summed E-state index contributed by atoms with van der Waals surface area (Å²) in [4.78, 5) is 8.41. The number of oxime groups is 1. The second-order valence-corrected chi connectivity index (χ2v) is 6.43. The van der Waals surface area contributed by atoms with Crippen molar-refractivity contribution in [2.75, 3.05) is 19.6 Å². The highest BCUT2D eigenvalue weighted by Crippen LogP contribution is 2.37. The Morgan fingerprint density at radius 2 is 2.06 bits per heavy atom. The van der Waals surface area contributed by atoms with Gasteiger partial charge >= 0.3 is 0 Å². The zero-order valence-electron chi connectivity index (χ0n) is 11.1. The van der Waals surface area contributed by atoms with Crippen molar-refractivity contribution in [3.8, 4) is 0 Å². The van der Waals surface area contributed by atoms with E-state index in [4.69, 9.17) is 4.84 Å². The summed E-state index contributed by atoms with van der Waals surface area (Å²) in [5.74, 6) is 1.55. The van der Waals surface area contributed by atoms with E-state index in [1.807, 2.05) is 0 Å². The number of nitrogens with zero attached hydrogens (tertiary/aromatic N) is 2. The molecule has 0 radical (unpaired) electrons. The lowest BCUT2D eigenvalue weighted by atomic mass is 9.84. The van der Waals surface area contributed by atoms with Crippen molar-refractivity contribution in [3.05, 3.63) is 0 Å². The van der Waals surface area contributed by atoms with Crippen molar-refractivity contribution in [3.63, 3.8) is 0 Å². The molecule has 0 amide bonds. The third-order valence-corrected chi connectivity index (χ3v) is 4.51. The molecule has 1 aliphatic carbocycles. The van der Waals surface area contributed by atoms with E-state index in [1.165, 1.54) is 51.0 Å². The normalized spacial score (nSPS) is 28.5. The zero-order chi connectivity index (χ0) is 11.9. The fourth-order valence-electron chi connectivity index (χ4n) is 2.94. The summed E-state index contributed by atoms with van der Waals surface area (Å²) >= 11 is 0. The highest BCUT2D eigenvalue weighted by molar-refractivity contribution is 5.87. The maximum Gasteiger partial charge on any atom is 0.145 e. The molecule has 0 aromatic heterocycles. The van der Waals surface area contributed by atoms with Gasteiger partial charge in [-0.25, -0.2) is 0 Å². The maximum absolute atomic E-state index is 5.79. The van der Waals surface area contributed by atoms with Crippen molar-refractivity contribution in [2.45, 2.75) is 51.6 Å². The van der Waals surface area contributed by atoms with Gasteiger partial charge in [-0.1, -0.05) is 19.0 Å². The van der Waals surface area contributed by atoms with E-state index in [0.717, 1.165) is 12.3 Å². The third-order valence-electron chi connectivity index (χ3n) is 4.51. The first-order valence-electron chi connectivity index (χ1n) is 7.14. The van der Waals surface area contributed by atoms with Gasteiger partial charge in [0, 0.05) is 38.9 Å². The minimum atomic E-state index is 0.0691. The molecule has 0 aromatic rings. The summed E-state index contributed by atoms with van der Waals surface area (Å²) in [6.45, 7) is 8.16. The van der Waals surface area contributed by atoms with E-state index >= 15 is 0 Å². The van der Waals surface area contributed by atoms with Crippen molar-refractivity contribution >= 4 is 5.71 Å². The molecule has 0 aromatic carbocycles. The molecule has 2 heterocycles. The molecule has 3 rings (SSSR count). The third kappa shape index (κ3) is 2.49. The molecule has 2 aliphatic heterocycles. The van der Waals surface area contributed by atoms with Crippen molar-refractivity contribution in [1.82, 2.24) is 4.90 Å². The van der Waals surface area contributed by atoms with Crippen LogP contribution in [-0.4, -0.2) is 35.8 Å². The summed E-state index contributed by atoms with van der Waals surface area (Å²) in [6.07, 6.45) is 6.32. The maximum atomic E-state index is 5.79. The number of rotatable bonds is 3. The second kappa shape index (κ2) is 4.27. The number of likely N-dealkylation sites (tertiary alicyclic amines) is 1. The lowest BCUT2D eigenvalue weighted by Crippen LogP contribution is -2.45. The Morgan fingerprint density at radius 1 is 1.35 bits per heavy atom. The second-order valence-electron chi connectivity index (χ2n) is 6.43. The van der Waals surface area contributed by atoms with Gasteiger partial charge in [0.25, 0.3) is 0 Å². The number of piperidine rings is 1. The summed E-state index contributed by atoms with van der Waals surface area (Å²) in [5, 5.41) is 4.31. The molecular formula is C14H24N2O. The Morgan fingerprint density at radius 3 is 2.59 bits per heavy atom. The van der Waals surface area contributed by atoms with Gasteiger partial charge < -0.3 is 9.74 Å². The molecule has 0 N–H and O–H groups in total. The predicted octanol–water partition coefficient (Wildman–Crippen LogP) is 2.66. The van der Waals surface area contributed by atoms with Crippen molar-refractivity contribution in [1.29, 1.82) is 0 Å². The van der Waals surface area contributed by atoms with Crippen LogP contribution < -0.4 is 0 Å². The van der Waals surface area contributed by atoms with Gasteiger partial charge in [0.15, 0.2) is 0 Å². The van der Waals surface area contributed by atoms with E-state index < -0.39 is 0 Å². The van der Waals surface area contributed by atoms with Crippen LogP contribution in [0.15, 0.2) is 5.16 Å². The van der Waals surface area contributed by atoms with E-state index in [0.29, 0.717) is 5.92 Å². The van der Waals surface area contributed by atoms with Crippen LogP contribution in [-0.2, 0) is 4.84 Å². The Balaban J connectivity index is 1.51. The number of hydrogen-bond acceptors (Lipinski definition) is 3. The molecule has 0 bridgehead atoms. The molecule has 1 spiro atoms. The first kappa shape index (κ1) is 11.5. The molecule has 3 nitrogen and oxygen atoms in total. The minimum absolute atomic E-state index is 0.0691. The Bertz CT molecular complexity index is 312. The molecule has 0 atom stereocenters. The van der Waals surface area contributed by atoms with Crippen LogP contribution in [0.25, 0.3) is 0 Å². The van der Waals surface area contributed by atoms with Crippen molar-refractivity contribution in [2.24, 2.45) is 17.0 Å². The van der Waals surface area contributed by atoms with Crippen molar-refractivity contribution < 1.29 is 4.84 Å². The standard InChI is InChI=1S/C14H24N2O/c1-11(2)13-9-14(17-15-13)5-7-16(8-6-14)10-12-3-4-12/h11-12H,3-10H2,1-2H3. The van der Waals surface area contributed by atoms with Gasteiger partial charge in [-0.05, 0) is 24.7 Å². The molecule has 17 heavy (non-hydrogen) atoms. The van der Waals surface area contributed by atoms with Gasteiger partial charge in [0.05, 0.1) is 5.71 Å². The molecule has 1 saturated heterocycles. The summed E-state index contributed by atoms with van der Waals surface area (Å²) in [5.41, 5.74) is 1.33. The minimum Gasteiger partial charge on any atom is -0.389 e. The zero-order valence-corrected chi connectivity index (χ0v) is 11.1. The van der Waals surface area contributed by atoms with Crippen LogP contribution in [0.3, 0.4) is 0 Å². The number of hydrogen-bond donors (Lipinski definition) is 0. The van der Waals surface area contributed by atoms with E-state index in [1.54, 1.807) is 0 Å². The Hall–Kier alpha value is -0.570. The van der Waals surface area contributed by atoms with Gasteiger partial charge in [-0.2, -0.15) is 0 Å². The lowest BCUT2D eigenvalue weighted by Gasteiger charge is -2.37. The monoisotopic (exact) mass is 236 g/mol. The van der Waals surface area contributed by atoms with Gasteiger partial charge in [-0.3, -0.25) is 0 Å². The smallest absolute Gasteiger partial charge is 0.145 e. The van der Waals surface area contributed by atoms with Crippen LogP contribution >= 0.6 is 0 Å². The molecule has 1 saturated carbocycles. The molecule has 2 fully saturated rings. The molecule has 96 valence electrons. The Kier molecular flexibility index (Phi) is 2.89.